The molecule has 0 unspecified atom stereocenters. The third kappa shape index (κ3) is 2.38. The minimum absolute atomic E-state index is 0.835. The summed E-state index contributed by atoms with van der Waals surface area (Å²) in [5.74, 6) is 0.835. The van der Waals surface area contributed by atoms with Gasteiger partial charge in [-0.2, -0.15) is 5.10 Å². The van der Waals surface area contributed by atoms with E-state index < -0.39 is 0 Å². The van der Waals surface area contributed by atoms with Crippen LogP contribution in [-0.2, 0) is 0 Å². The van der Waals surface area contributed by atoms with E-state index in [0.717, 1.165) is 17.2 Å². The van der Waals surface area contributed by atoms with Crippen LogP contribution < -0.4 is 5.32 Å². The molecule has 2 N–H and O–H groups in total. The Morgan fingerprint density at radius 3 is 2.68 bits per heavy atom. The van der Waals surface area contributed by atoms with Crippen molar-refractivity contribution in [1.82, 2.24) is 10.2 Å². The molecular formula is C18H15N3S. The molecule has 0 spiro atoms. The van der Waals surface area contributed by atoms with Crippen molar-refractivity contribution in [2.75, 3.05) is 5.32 Å². The van der Waals surface area contributed by atoms with Crippen molar-refractivity contribution in [3.8, 4) is 10.6 Å². The van der Waals surface area contributed by atoms with E-state index in [1.807, 2.05) is 12.1 Å². The molecule has 0 radical (unpaired) electrons. The highest BCUT2D eigenvalue weighted by Gasteiger charge is 2.08. The number of thiophene rings is 1. The number of fused-ring (bicyclic) bond motifs is 1. The predicted molar refractivity (Wildman–Crippen MR) is 93.9 cm³/mol. The summed E-state index contributed by atoms with van der Waals surface area (Å²) < 4.78 is 1.29. The zero-order chi connectivity index (χ0) is 14.9. The number of aryl methyl sites for hydroxylation is 1. The highest BCUT2D eigenvalue weighted by Crippen LogP contribution is 2.33. The Kier molecular flexibility index (Phi) is 3.16. The number of anilines is 2. The van der Waals surface area contributed by atoms with Crippen LogP contribution in [0.15, 0.2) is 60.7 Å². The van der Waals surface area contributed by atoms with Crippen LogP contribution in [0.2, 0.25) is 0 Å². The Labute approximate surface area is 132 Å². The Morgan fingerprint density at radius 1 is 1.00 bits per heavy atom. The highest BCUT2D eigenvalue weighted by atomic mass is 32.1. The minimum Gasteiger partial charge on any atom is -0.339 e. The van der Waals surface area contributed by atoms with Crippen LogP contribution in [0.4, 0.5) is 11.5 Å². The molecule has 4 heteroatoms. The standard InChI is InChI=1S/C18H15N3S/c1-12-6-2-4-8-14(12)19-18-11-15(20-21-18)17-10-13-7-3-5-9-16(13)22-17/h2-11H,1H3,(H2,19,20,21). The molecule has 0 bridgehead atoms. The van der Waals surface area contributed by atoms with E-state index in [4.69, 9.17) is 0 Å². The molecular weight excluding hydrogens is 290 g/mol. The number of para-hydroxylation sites is 1. The smallest absolute Gasteiger partial charge is 0.152 e. The summed E-state index contributed by atoms with van der Waals surface area (Å²) in [5.41, 5.74) is 3.32. The summed E-state index contributed by atoms with van der Waals surface area (Å²) in [6, 6.07) is 20.9. The van der Waals surface area contributed by atoms with E-state index >= 15 is 0 Å². The molecule has 2 aromatic heterocycles. The fourth-order valence-electron chi connectivity index (χ4n) is 2.48. The van der Waals surface area contributed by atoms with Gasteiger partial charge in [0.25, 0.3) is 0 Å². The first kappa shape index (κ1) is 13.1. The normalized spacial score (nSPS) is 11.0. The third-order valence-corrected chi connectivity index (χ3v) is 4.83. The average molecular weight is 305 g/mol. The number of nitrogens with one attached hydrogen (secondary N) is 2. The molecule has 0 saturated heterocycles. The number of aromatic nitrogens is 2. The molecule has 22 heavy (non-hydrogen) atoms. The molecule has 0 amide bonds. The average Bonchev–Trinajstić information content (AvgIpc) is 3.15. The van der Waals surface area contributed by atoms with Crippen LogP contribution in [0.5, 0.6) is 0 Å². The first-order valence-corrected chi connectivity index (χ1v) is 7.98. The number of hydrogen-bond acceptors (Lipinski definition) is 3. The van der Waals surface area contributed by atoms with Gasteiger partial charge in [-0.1, -0.05) is 36.4 Å². The van der Waals surface area contributed by atoms with E-state index in [2.05, 4.69) is 71.0 Å². The Bertz CT molecular complexity index is 903. The van der Waals surface area contributed by atoms with Gasteiger partial charge in [0.2, 0.25) is 0 Å². The summed E-state index contributed by atoms with van der Waals surface area (Å²) in [5, 5.41) is 12.1. The molecule has 108 valence electrons. The van der Waals surface area contributed by atoms with Crippen molar-refractivity contribution in [2.45, 2.75) is 6.92 Å². The number of nitrogens with zero attached hydrogens (tertiary/aromatic N) is 1. The molecule has 4 aromatic rings. The van der Waals surface area contributed by atoms with Gasteiger partial charge in [0.1, 0.15) is 0 Å². The molecule has 0 saturated carbocycles. The van der Waals surface area contributed by atoms with Gasteiger partial charge < -0.3 is 5.32 Å². The first-order chi connectivity index (χ1) is 10.8. The van der Waals surface area contributed by atoms with Crippen LogP contribution in [-0.4, -0.2) is 10.2 Å². The summed E-state index contributed by atoms with van der Waals surface area (Å²) in [6.07, 6.45) is 0. The molecule has 4 rings (SSSR count). The summed E-state index contributed by atoms with van der Waals surface area (Å²) >= 11 is 1.77. The van der Waals surface area contributed by atoms with E-state index in [9.17, 15) is 0 Å². The lowest BCUT2D eigenvalue weighted by atomic mass is 10.2. The Balaban J connectivity index is 1.65. The van der Waals surface area contributed by atoms with Crippen molar-refractivity contribution >= 4 is 32.9 Å². The van der Waals surface area contributed by atoms with Crippen molar-refractivity contribution < 1.29 is 0 Å². The van der Waals surface area contributed by atoms with Gasteiger partial charge in [0.15, 0.2) is 5.82 Å². The van der Waals surface area contributed by atoms with Gasteiger partial charge in [-0.05, 0) is 36.1 Å². The Hall–Kier alpha value is -2.59. The maximum atomic E-state index is 4.37. The number of benzene rings is 2. The molecule has 0 aliphatic carbocycles. The number of aromatic amines is 1. The topological polar surface area (TPSA) is 40.7 Å². The highest BCUT2D eigenvalue weighted by molar-refractivity contribution is 7.22. The lowest BCUT2D eigenvalue weighted by Crippen LogP contribution is -1.92. The van der Waals surface area contributed by atoms with Crippen molar-refractivity contribution in [3.05, 3.63) is 66.2 Å². The lowest BCUT2D eigenvalue weighted by molar-refractivity contribution is 1.10. The van der Waals surface area contributed by atoms with Crippen molar-refractivity contribution in [2.24, 2.45) is 0 Å². The molecule has 0 fully saturated rings. The minimum atomic E-state index is 0.835. The van der Waals surface area contributed by atoms with Gasteiger partial charge in [-0.25, -0.2) is 0 Å². The molecule has 2 heterocycles. The molecule has 0 aliphatic rings. The van der Waals surface area contributed by atoms with Crippen LogP contribution in [0.1, 0.15) is 5.56 Å². The molecule has 2 aromatic carbocycles. The van der Waals surface area contributed by atoms with Gasteiger partial charge in [-0.3, -0.25) is 5.10 Å². The molecule has 3 nitrogen and oxygen atoms in total. The van der Waals surface area contributed by atoms with Gasteiger partial charge in [-0.15, -0.1) is 11.3 Å². The number of hydrogen-bond donors (Lipinski definition) is 2. The second-order valence-electron chi connectivity index (χ2n) is 5.26. The fraction of sp³-hybridized carbons (Fsp3) is 0.0556. The summed E-state index contributed by atoms with van der Waals surface area (Å²) in [7, 11) is 0. The maximum absolute atomic E-state index is 4.37. The van der Waals surface area contributed by atoms with Crippen molar-refractivity contribution in [3.63, 3.8) is 0 Å². The zero-order valence-electron chi connectivity index (χ0n) is 12.1. The molecule has 0 atom stereocenters. The lowest BCUT2D eigenvalue weighted by Gasteiger charge is -2.05. The van der Waals surface area contributed by atoms with Gasteiger partial charge in [0, 0.05) is 16.5 Å². The van der Waals surface area contributed by atoms with Crippen LogP contribution in [0.3, 0.4) is 0 Å². The largest absolute Gasteiger partial charge is 0.339 e. The Morgan fingerprint density at radius 2 is 1.82 bits per heavy atom. The second-order valence-corrected chi connectivity index (χ2v) is 6.34. The zero-order valence-corrected chi connectivity index (χ0v) is 12.9. The molecule has 0 aliphatic heterocycles. The fourth-order valence-corrected chi connectivity index (χ4v) is 3.51. The van der Waals surface area contributed by atoms with Crippen LogP contribution >= 0.6 is 11.3 Å². The maximum Gasteiger partial charge on any atom is 0.152 e. The van der Waals surface area contributed by atoms with Gasteiger partial charge >= 0.3 is 0 Å². The van der Waals surface area contributed by atoms with E-state index in [1.165, 1.54) is 20.5 Å². The van der Waals surface area contributed by atoms with E-state index in [1.54, 1.807) is 11.3 Å². The first-order valence-electron chi connectivity index (χ1n) is 7.16. The second kappa shape index (κ2) is 5.31. The SMILES string of the molecule is Cc1ccccc1Nc1cc(-c2cc3ccccc3s2)[nH]n1. The van der Waals surface area contributed by atoms with Crippen LogP contribution in [0, 0.1) is 6.92 Å². The predicted octanol–water partition coefficient (Wildman–Crippen LogP) is 5.34. The van der Waals surface area contributed by atoms with Crippen LogP contribution in [0.25, 0.3) is 20.7 Å². The third-order valence-electron chi connectivity index (χ3n) is 3.68. The monoisotopic (exact) mass is 305 g/mol. The van der Waals surface area contributed by atoms with Crippen molar-refractivity contribution in [1.29, 1.82) is 0 Å². The van der Waals surface area contributed by atoms with Gasteiger partial charge in [0.05, 0.1) is 10.6 Å². The summed E-state index contributed by atoms with van der Waals surface area (Å²) in [4.78, 5) is 1.20. The van der Waals surface area contributed by atoms with E-state index in [0.29, 0.717) is 0 Å². The van der Waals surface area contributed by atoms with E-state index in [-0.39, 0.29) is 0 Å². The quantitative estimate of drug-likeness (QED) is 0.536. The summed E-state index contributed by atoms with van der Waals surface area (Å²) in [6.45, 7) is 2.09. The number of H-pyrrole nitrogens is 1. The number of rotatable bonds is 3.